The first-order valence-electron chi connectivity index (χ1n) is 12.6. The Morgan fingerprint density at radius 1 is 0.938 bits per heavy atom. The fourth-order valence-electron chi connectivity index (χ4n) is 4.18. The van der Waals surface area contributed by atoms with Crippen molar-refractivity contribution in [3.05, 3.63) is 33.1 Å². The summed E-state index contributed by atoms with van der Waals surface area (Å²) < 4.78 is 6.89. The molecule has 1 aromatic heterocycles. The molecule has 1 heterocycles. The lowest BCUT2D eigenvalue weighted by Gasteiger charge is -2.32. The second-order valence-electron chi connectivity index (χ2n) is 10.1. The summed E-state index contributed by atoms with van der Waals surface area (Å²) in [6, 6.07) is 1.39. The van der Waals surface area contributed by atoms with Crippen LogP contribution in [0, 0.1) is 17.3 Å². The third-order valence-electron chi connectivity index (χ3n) is 6.53. The maximum Gasteiger partial charge on any atom is 0.328 e. The van der Waals surface area contributed by atoms with Gasteiger partial charge < -0.3 is 9.72 Å². The number of nitrogens with one attached hydrogen (secondary N) is 1. The number of aromatic amines is 1. The Bertz CT molecular complexity index is 737. The van der Waals surface area contributed by atoms with E-state index in [1.54, 1.807) is 0 Å². The van der Waals surface area contributed by atoms with E-state index in [-0.39, 0.29) is 28.6 Å². The normalized spacial score (nSPS) is 13.5. The lowest BCUT2D eigenvalue weighted by atomic mass is 9.73. The van der Waals surface area contributed by atoms with Crippen LogP contribution in [0.3, 0.4) is 0 Å². The molecular formula is C26H46N2O4. The number of unbranched alkanes of at least 4 members (excludes halogenated alkanes) is 9. The van der Waals surface area contributed by atoms with Gasteiger partial charge in [0.05, 0.1) is 12.0 Å². The summed E-state index contributed by atoms with van der Waals surface area (Å²) in [5.74, 6) is 0.719. The van der Waals surface area contributed by atoms with E-state index in [0.29, 0.717) is 19.1 Å². The van der Waals surface area contributed by atoms with Crippen LogP contribution in [-0.2, 0) is 16.1 Å². The third kappa shape index (κ3) is 10.2. The highest BCUT2D eigenvalue weighted by atomic mass is 16.5. The van der Waals surface area contributed by atoms with Crippen molar-refractivity contribution in [3.63, 3.8) is 0 Å². The first kappa shape index (κ1) is 28.2. The molecule has 0 saturated heterocycles. The quantitative estimate of drug-likeness (QED) is 0.244. The molecule has 1 rings (SSSR count). The fraction of sp³-hybridized carbons (Fsp3) is 0.808. The molecule has 6 heteroatoms. The van der Waals surface area contributed by atoms with E-state index in [4.69, 9.17) is 4.74 Å². The summed E-state index contributed by atoms with van der Waals surface area (Å²) in [5.41, 5.74) is -0.939. The van der Waals surface area contributed by atoms with Crippen molar-refractivity contribution in [1.29, 1.82) is 0 Å². The van der Waals surface area contributed by atoms with Gasteiger partial charge in [-0.25, -0.2) is 4.79 Å². The highest BCUT2D eigenvalue weighted by Crippen LogP contribution is 2.35. The number of aromatic nitrogens is 2. The number of nitrogens with zero attached hydrogens (tertiary/aromatic N) is 1. The van der Waals surface area contributed by atoms with Crippen molar-refractivity contribution >= 4 is 5.97 Å². The first-order valence-corrected chi connectivity index (χ1v) is 12.6. The first-order chi connectivity index (χ1) is 15.2. The van der Waals surface area contributed by atoms with E-state index in [1.807, 2.05) is 6.92 Å². The highest BCUT2D eigenvalue weighted by molar-refractivity contribution is 5.76. The van der Waals surface area contributed by atoms with Crippen molar-refractivity contribution in [2.75, 3.05) is 6.61 Å². The molecule has 0 bridgehead atoms. The van der Waals surface area contributed by atoms with Gasteiger partial charge >= 0.3 is 11.7 Å². The van der Waals surface area contributed by atoms with Gasteiger partial charge in [0.2, 0.25) is 0 Å². The Kier molecular flexibility index (Phi) is 13.3. The lowest BCUT2D eigenvalue weighted by molar-refractivity contribution is -0.159. The van der Waals surface area contributed by atoms with Crippen LogP contribution in [-0.4, -0.2) is 22.1 Å². The molecule has 0 aliphatic carbocycles. The standard InChI is InChI=1S/C26H46N2O4/c1-21(2)20-26(5,22(3)4)24(30)32-19-15-13-11-9-7-6-8-10-12-14-18-28-23(29)16-17-27-25(28)31/h16-17,21-22H,6-15,18-20H2,1-5H3,(H,27,31). The maximum atomic E-state index is 12.6. The van der Waals surface area contributed by atoms with E-state index >= 15 is 0 Å². The minimum atomic E-state index is -0.388. The molecule has 0 fully saturated rings. The number of carbonyl (C=O) groups is 1. The number of ether oxygens (including phenoxy) is 1. The zero-order valence-corrected chi connectivity index (χ0v) is 21.1. The minimum Gasteiger partial charge on any atom is -0.465 e. The Morgan fingerprint density at radius 3 is 1.97 bits per heavy atom. The molecule has 32 heavy (non-hydrogen) atoms. The average molecular weight is 451 g/mol. The van der Waals surface area contributed by atoms with Gasteiger partial charge in [0, 0.05) is 18.8 Å². The Balaban J connectivity index is 2.01. The smallest absolute Gasteiger partial charge is 0.328 e. The Labute approximate surface area is 194 Å². The van der Waals surface area contributed by atoms with Gasteiger partial charge in [-0.2, -0.15) is 0 Å². The topological polar surface area (TPSA) is 81.2 Å². The van der Waals surface area contributed by atoms with Crippen LogP contribution in [0.4, 0.5) is 0 Å². The Hall–Kier alpha value is -1.85. The Morgan fingerprint density at radius 2 is 1.47 bits per heavy atom. The van der Waals surface area contributed by atoms with Gasteiger partial charge in [0.15, 0.2) is 0 Å². The largest absolute Gasteiger partial charge is 0.465 e. The molecule has 184 valence electrons. The van der Waals surface area contributed by atoms with Crippen LogP contribution in [0.2, 0.25) is 0 Å². The van der Waals surface area contributed by atoms with Gasteiger partial charge in [-0.3, -0.25) is 14.2 Å². The van der Waals surface area contributed by atoms with Crippen LogP contribution in [0.15, 0.2) is 21.9 Å². The fourth-order valence-corrected chi connectivity index (χ4v) is 4.18. The molecule has 1 atom stereocenters. The van der Waals surface area contributed by atoms with Gasteiger partial charge in [0.25, 0.3) is 5.56 Å². The number of H-pyrrole nitrogens is 1. The second-order valence-corrected chi connectivity index (χ2v) is 10.1. The number of esters is 1. The van der Waals surface area contributed by atoms with Crippen molar-refractivity contribution in [3.8, 4) is 0 Å². The van der Waals surface area contributed by atoms with E-state index in [9.17, 15) is 14.4 Å². The van der Waals surface area contributed by atoms with E-state index in [1.165, 1.54) is 48.9 Å². The molecule has 1 unspecified atom stereocenters. The molecule has 0 aliphatic rings. The second kappa shape index (κ2) is 15.1. The van der Waals surface area contributed by atoms with Gasteiger partial charge in [-0.15, -0.1) is 0 Å². The average Bonchev–Trinajstić information content (AvgIpc) is 2.72. The van der Waals surface area contributed by atoms with Gasteiger partial charge in [-0.05, 0) is 38.0 Å². The van der Waals surface area contributed by atoms with Crippen LogP contribution < -0.4 is 11.2 Å². The van der Waals surface area contributed by atoms with E-state index in [2.05, 4.69) is 32.7 Å². The SMILES string of the molecule is CC(C)CC(C)(C(=O)OCCCCCCCCCCCCn1c(=O)cc[nH]c1=O)C(C)C. The number of carbonyl (C=O) groups excluding carboxylic acids is 1. The van der Waals surface area contributed by atoms with Crippen LogP contribution >= 0.6 is 0 Å². The summed E-state index contributed by atoms with van der Waals surface area (Å²) in [7, 11) is 0. The maximum absolute atomic E-state index is 12.6. The molecule has 1 N–H and O–H groups in total. The molecule has 1 aromatic rings. The molecule has 0 saturated carbocycles. The predicted molar refractivity (Wildman–Crippen MR) is 131 cm³/mol. The molecule has 0 radical (unpaired) electrons. The summed E-state index contributed by atoms with van der Waals surface area (Å²) in [4.78, 5) is 38.4. The number of hydrogen-bond donors (Lipinski definition) is 1. The highest BCUT2D eigenvalue weighted by Gasteiger charge is 2.38. The predicted octanol–water partition coefficient (Wildman–Crippen LogP) is 5.69. The van der Waals surface area contributed by atoms with Crippen molar-refractivity contribution in [2.24, 2.45) is 17.3 Å². The lowest BCUT2D eigenvalue weighted by Crippen LogP contribution is -2.36. The third-order valence-corrected chi connectivity index (χ3v) is 6.53. The van der Waals surface area contributed by atoms with E-state index in [0.717, 1.165) is 38.5 Å². The molecule has 0 amide bonds. The zero-order valence-electron chi connectivity index (χ0n) is 21.1. The van der Waals surface area contributed by atoms with Gasteiger partial charge in [0.1, 0.15) is 0 Å². The number of hydrogen-bond acceptors (Lipinski definition) is 4. The summed E-state index contributed by atoms with van der Waals surface area (Å²) in [6.45, 7) is 11.6. The van der Waals surface area contributed by atoms with Crippen molar-refractivity contribution in [1.82, 2.24) is 9.55 Å². The molecule has 0 aliphatic heterocycles. The summed E-state index contributed by atoms with van der Waals surface area (Å²) in [5, 5.41) is 0. The van der Waals surface area contributed by atoms with Crippen LogP contribution in [0.5, 0.6) is 0 Å². The zero-order chi connectivity index (χ0) is 24.0. The van der Waals surface area contributed by atoms with Crippen LogP contribution in [0.25, 0.3) is 0 Å². The monoisotopic (exact) mass is 450 g/mol. The molecular weight excluding hydrogens is 404 g/mol. The molecule has 0 aromatic carbocycles. The number of rotatable bonds is 17. The van der Waals surface area contributed by atoms with Crippen molar-refractivity contribution in [2.45, 2.75) is 112 Å². The summed E-state index contributed by atoms with van der Waals surface area (Å²) >= 11 is 0. The van der Waals surface area contributed by atoms with Crippen molar-refractivity contribution < 1.29 is 9.53 Å². The van der Waals surface area contributed by atoms with Crippen LogP contribution in [0.1, 0.15) is 105 Å². The molecule has 6 nitrogen and oxygen atoms in total. The minimum absolute atomic E-state index is 0.0389. The van der Waals surface area contributed by atoms with Gasteiger partial charge in [-0.1, -0.05) is 79.1 Å². The molecule has 0 spiro atoms. The van der Waals surface area contributed by atoms with E-state index < -0.39 is 0 Å². The summed E-state index contributed by atoms with van der Waals surface area (Å²) in [6.07, 6.45) is 13.4.